The Hall–Kier alpha value is -2.97. The van der Waals surface area contributed by atoms with Gasteiger partial charge in [-0.2, -0.15) is 5.10 Å². The number of fused-ring (bicyclic) bond motifs is 1. The summed E-state index contributed by atoms with van der Waals surface area (Å²) in [4.78, 5) is 17.9. The maximum atomic E-state index is 13.4. The van der Waals surface area contributed by atoms with Crippen molar-refractivity contribution in [2.75, 3.05) is 46.1 Å². The molecule has 3 aliphatic heterocycles. The van der Waals surface area contributed by atoms with Gasteiger partial charge in [-0.15, -0.1) is 0 Å². The number of halogens is 1. The van der Waals surface area contributed by atoms with Crippen LogP contribution in [-0.4, -0.2) is 72.5 Å². The molecular weight excluding hydrogens is 411 g/mol. The molecule has 5 rings (SSSR count). The van der Waals surface area contributed by atoms with E-state index in [9.17, 15) is 9.18 Å². The normalized spacial score (nSPS) is 21.1. The SMILES string of the molecule is CCN1CCN(CC(=O)N2N=C(c3ccc(F)cc3)C[C@H]2c2ccc3c(c2)OCO3)CC1. The Morgan fingerprint density at radius 3 is 2.50 bits per heavy atom. The summed E-state index contributed by atoms with van der Waals surface area (Å²) in [6, 6.07) is 11.8. The van der Waals surface area contributed by atoms with E-state index >= 15 is 0 Å². The van der Waals surface area contributed by atoms with E-state index in [1.165, 1.54) is 12.1 Å². The maximum absolute atomic E-state index is 13.4. The number of likely N-dealkylation sites (N-methyl/N-ethyl adjacent to an activating group) is 1. The number of carbonyl (C=O) groups is 1. The number of carbonyl (C=O) groups excluding carboxylic acids is 1. The lowest BCUT2D eigenvalue weighted by Gasteiger charge is -2.34. The van der Waals surface area contributed by atoms with Crippen LogP contribution in [0.4, 0.5) is 4.39 Å². The second-order valence-corrected chi connectivity index (χ2v) is 8.33. The molecule has 0 radical (unpaired) electrons. The highest BCUT2D eigenvalue weighted by Crippen LogP contribution is 2.39. The number of rotatable bonds is 5. The summed E-state index contributed by atoms with van der Waals surface area (Å²) in [6.07, 6.45) is 0.556. The molecule has 168 valence electrons. The van der Waals surface area contributed by atoms with Gasteiger partial charge in [-0.1, -0.05) is 25.1 Å². The second kappa shape index (κ2) is 8.88. The highest BCUT2D eigenvalue weighted by molar-refractivity contribution is 6.03. The van der Waals surface area contributed by atoms with E-state index in [2.05, 4.69) is 16.7 Å². The molecule has 32 heavy (non-hydrogen) atoms. The smallest absolute Gasteiger partial charge is 0.257 e. The zero-order valence-electron chi connectivity index (χ0n) is 18.2. The Morgan fingerprint density at radius 1 is 1.03 bits per heavy atom. The molecule has 1 saturated heterocycles. The third kappa shape index (κ3) is 4.20. The molecular formula is C24H27FN4O3. The largest absolute Gasteiger partial charge is 0.454 e. The number of hydrogen-bond donors (Lipinski definition) is 0. The van der Waals surface area contributed by atoms with E-state index < -0.39 is 0 Å². The summed E-state index contributed by atoms with van der Waals surface area (Å²) >= 11 is 0. The van der Waals surface area contributed by atoms with Crippen LogP contribution in [0.1, 0.15) is 30.5 Å². The number of benzene rings is 2. The first-order valence-corrected chi connectivity index (χ1v) is 11.1. The number of ether oxygens (including phenoxy) is 2. The Balaban J connectivity index is 1.39. The van der Waals surface area contributed by atoms with Gasteiger partial charge >= 0.3 is 0 Å². The number of hydrazone groups is 1. The van der Waals surface area contributed by atoms with Crippen molar-refractivity contribution < 1.29 is 18.7 Å². The van der Waals surface area contributed by atoms with Gasteiger partial charge in [0.05, 0.1) is 18.3 Å². The number of nitrogens with zero attached hydrogens (tertiary/aromatic N) is 4. The number of amides is 1. The molecule has 8 heteroatoms. The summed E-state index contributed by atoms with van der Waals surface area (Å²) in [7, 11) is 0. The van der Waals surface area contributed by atoms with Crippen LogP contribution in [0.25, 0.3) is 0 Å². The van der Waals surface area contributed by atoms with E-state index in [-0.39, 0.29) is 24.6 Å². The van der Waals surface area contributed by atoms with E-state index in [4.69, 9.17) is 14.6 Å². The number of hydrogen-bond acceptors (Lipinski definition) is 6. The Bertz CT molecular complexity index is 1020. The van der Waals surface area contributed by atoms with Gasteiger partial charge in [0.15, 0.2) is 11.5 Å². The highest BCUT2D eigenvalue weighted by Gasteiger charge is 2.35. The fourth-order valence-electron chi connectivity index (χ4n) is 4.46. The summed E-state index contributed by atoms with van der Waals surface area (Å²) in [5.41, 5.74) is 2.54. The predicted octanol–water partition coefficient (Wildman–Crippen LogP) is 2.87. The van der Waals surface area contributed by atoms with Gasteiger partial charge < -0.3 is 14.4 Å². The molecule has 0 N–H and O–H groups in total. The lowest BCUT2D eigenvalue weighted by molar-refractivity contribution is -0.134. The second-order valence-electron chi connectivity index (χ2n) is 8.33. The van der Waals surface area contributed by atoms with Gasteiger partial charge in [0.1, 0.15) is 5.82 Å². The fraction of sp³-hybridized carbons (Fsp3) is 0.417. The third-order valence-electron chi connectivity index (χ3n) is 6.40. The zero-order chi connectivity index (χ0) is 22.1. The molecule has 0 unspecified atom stereocenters. The minimum Gasteiger partial charge on any atom is -0.454 e. The van der Waals surface area contributed by atoms with Crippen molar-refractivity contribution >= 4 is 11.6 Å². The molecule has 7 nitrogen and oxygen atoms in total. The predicted molar refractivity (Wildman–Crippen MR) is 118 cm³/mol. The van der Waals surface area contributed by atoms with Crippen LogP contribution >= 0.6 is 0 Å². The van der Waals surface area contributed by atoms with Gasteiger partial charge in [0, 0.05) is 32.6 Å². The van der Waals surface area contributed by atoms with Crippen molar-refractivity contribution in [1.29, 1.82) is 0 Å². The fourth-order valence-corrected chi connectivity index (χ4v) is 4.46. The van der Waals surface area contributed by atoms with Crippen molar-refractivity contribution in [3.63, 3.8) is 0 Å². The minimum atomic E-state index is -0.293. The first-order chi connectivity index (χ1) is 15.6. The minimum absolute atomic E-state index is 0.0327. The lowest BCUT2D eigenvalue weighted by atomic mass is 9.98. The maximum Gasteiger partial charge on any atom is 0.257 e. The van der Waals surface area contributed by atoms with Crippen LogP contribution in [0.2, 0.25) is 0 Å². The van der Waals surface area contributed by atoms with Gasteiger partial charge in [0.25, 0.3) is 5.91 Å². The van der Waals surface area contributed by atoms with Gasteiger partial charge in [-0.25, -0.2) is 9.40 Å². The average molecular weight is 439 g/mol. The van der Waals surface area contributed by atoms with Gasteiger partial charge in [-0.05, 0) is 41.9 Å². The van der Waals surface area contributed by atoms with Crippen LogP contribution in [0.3, 0.4) is 0 Å². The first-order valence-electron chi connectivity index (χ1n) is 11.1. The monoisotopic (exact) mass is 438 g/mol. The summed E-state index contributed by atoms with van der Waals surface area (Å²) in [5.74, 6) is 1.06. The zero-order valence-corrected chi connectivity index (χ0v) is 18.2. The van der Waals surface area contributed by atoms with Crippen molar-refractivity contribution in [1.82, 2.24) is 14.8 Å². The van der Waals surface area contributed by atoms with Crippen molar-refractivity contribution in [2.24, 2.45) is 5.10 Å². The third-order valence-corrected chi connectivity index (χ3v) is 6.40. The summed E-state index contributed by atoms with van der Waals surface area (Å²) < 4.78 is 24.4. The van der Waals surface area contributed by atoms with Gasteiger partial charge in [0.2, 0.25) is 6.79 Å². The molecule has 2 aromatic rings. The van der Waals surface area contributed by atoms with E-state index in [1.807, 2.05) is 18.2 Å². The molecule has 2 aromatic carbocycles. The van der Waals surface area contributed by atoms with Crippen LogP contribution in [0.15, 0.2) is 47.6 Å². The Morgan fingerprint density at radius 2 is 1.75 bits per heavy atom. The molecule has 3 heterocycles. The molecule has 0 spiro atoms. The molecule has 0 aromatic heterocycles. The van der Waals surface area contributed by atoms with E-state index in [0.717, 1.165) is 49.6 Å². The lowest BCUT2D eigenvalue weighted by Crippen LogP contribution is -2.49. The van der Waals surface area contributed by atoms with Crippen LogP contribution in [0, 0.1) is 5.82 Å². The standard InChI is InChI=1S/C24H27FN4O3/c1-2-27-9-11-28(12-10-27)15-24(30)29-21(18-5-8-22-23(13-18)32-16-31-22)14-20(26-29)17-3-6-19(25)7-4-17/h3-8,13,21H,2,9-12,14-16H2,1H3/t21-/m0/s1. The Kier molecular flexibility index (Phi) is 5.80. The van der Waals surface area contributed by atoms with E-state index in [1.54, 1.807) is 17.1 Å². The molecule has 1 amide bonds. The van der Waals surface area contributed by atoms with Crippen LogP contribution < -0.4 is 9.47 Å². The Labute approximate surface area is 187 Å². The molecule has 1 fully saturated rings. The van der Waals surface area contributed by atoms with Crippen LogP contribution in [0.5, 0.6) is 11.5 Å². The molecule has 0 saturated carbocycles. The van der Waals surface area contributed by atoms with Crippen molar-refractivity contribution in [3.8, 4) is 11.5 Å². The molecule has 0 bridgehead atoms. The highest BCUT2D eigenvalue weighted by atomic mass is 19.1. The molecule has 0 aliphatic carbocycles. The van der Waals surface area contributed by atoms with Crippen molar-refractivity contribution in [2.45, 2.75) is 19.4 Å². The summed E-state index contributed by atoms with van der Waals surface area (Å²) in [6.45, 7) is 7.41. The molecule has 1 atom stereocenters. The van der Waals surface area contributed by atoms with Crippen molar-refractivity contribution in [3.05, 3.63) is 59.4 Å². The van der Waals surface area contributed by atoms with E-state index in [0.29, 0.717) is 24.5 Å². The van der Waals surface area contributed by atoms with Gasteiger partial charge in [-0.3, -0.25) is 9.69 Å². The topological polar surface area (TPSA) is 57.6 Å². The summed E-state index contributed by atoms with van der Waals surface area (Å²) in [5, 5.41) is 6.30. The average Bonchev–Trinajstić information content (AvgIpc) is 3.47. The number of piperazine rings is 1. The quantitative estimate of drug-likeness (QED) is 0.719. The first kappa shape index (κ1) is 20.9. The van der Waals surface area contributed by atoms with Crippen LogP contribution in [-0.2, 0) is 4.79 Å². The molecule has 3 aliphatic rings.